The molecule has 8 nitrogen and oxygen atoms in total. The van der Waals surface area contributed by atoms with Crippen LogP contribution in [0.3, 0.4) is 0 Å². The monoisotopic (exact) mass is 959 g/mol. The molecule has 2 unspecified atom stereocenters. The van der Waals surface area contributed by atoms with Gasteiger partial charge in [0.2, 0.25) is 11.5 Å². The van der Waals surface area contributed by atoms with Crippen LogP contribution >= 0.6 is 0 Å². The average Bonchev–Trinajstić information content (AvgIpc) is 4.08. The predicted molar refractivity (Wildman–Crippen MR) is 269 cm³/mol. The molecule has 69 heavy (non-hydrogen) atoms. The second-order valence-corrected chi connectivity index (χ2v) is 21.1. The Labute approximate surface area is 409 Å². The SMILES string of the molecule is C/C(=C\c1ccc(F)cc1F)CNC[C@@H]1CCCN1C(C)C1CCCCC1.COc1cc(C(=O)N(C/C(C)=C/c2ccc(F)cc2F)C[C@@H]2CCCN2C(C)C2CCCCC2)cc2c1OC(C)(C)O2. The Kier molecular flexibility index (Phi) is 18.4. The van der Waals surface area contributed by atoms with Crippen molar-refractivity contribution in [1.29, 1.82) is 0 Å². The highest BCUT2D eigenvalue weighted by molar-refractivity contribution is 5.96. The number of carbonyl (C=O) groups is 1. The number of carbonyl (C=O) groups excluding carboxylic acids is 1. The summed E-state index contributed by atoms with van der Waals surface area (Å²) in [4.78, 5) is 21.4. The van der Waals surface area contributed by atoms with Gasteiger partial charge in [-0.05, 0) is 140 Å². The van der Waals surface area contributed by atoms with Crippen LogP contribution in [0, 0.1) is 35.1 Å². The molecule has 8 rings (SSSR count). The number of likely N-dealkylation sites (tertiary alicyclic amines) is 2. The van der Waals surface area contributed by atoms with Crippen LogP contribution in [0.2, 0.25) is 0 Å². The van der Waals surface area contributed by atoms with Crippen LogP contribution in [0.1, 0.15) is 153 Å². The lowest BCUT2D eigenvalue weighted by atomic mass is 9.83. The summed E-state index contributed by atoms with van der Waals surface area (Å²) >= 11 is 0. The Balaban J connectivity index is 0.000000224. The van der Waals surface area contributed by atoms with Crippen molar-refractivity contribution >= 4 is 18.1 Å². The zero-order valence-corrected chi connectivity index (χ0v) is 42.4. The van der Waals surface area contributed by atoms with Gasteiger partial charge >= 0.3 is 0 Å². The summed E-state index contributed by atoms with van der Waals surface area (Å²) in [6, 6.07) is 12.7. The normalized spacial score (nSPS) is 22.3. The van der Waals surface area contributed by atoms with Crippen LogP contribution < -0.4 is 19.5 Å². The Morgan fingerprint density at radius 2 is 1.28 bits per heavy atom. The minimum absolute atomic E-state index is 0.158. The van der Waals surface area contributed by atoms with E-state index >= 15 is 0 Å². The number of methoxy groups -OCH3 is 1. The number of amides is 1. The predicted octanol–water partition coefficient (Wildman–Crippen LogP) is 12.9. The van der Waals surface area contributed by atoms with Gasteiger partial charge in [0, 0.05) is 93.0 Å². The van der Waals surface area contributed by atoms with Crippen molar-refractivity contribution in [1.82, 2.24) is 20.0 Å². The third kappa shape index (κ3) is 13.9. The number of fused-ring (bicyclic) bond motifs is 1. The van der Waals surface area contributed by atoms with Crippen LogP contribution in [0.4, 0.5) is 17.6 Å². The quantitative estimate of drug-likeness (QED) is 0.143. The van der Waals surface area contributed by atoms with Crippen molar-refractivity contribution in [3.63, 3.8) is 0 Å². The highest BCUT2D eigenvalue weighted by Gasteiger charge is 2.38. The van der Waals surface area contributed by atoms with Crippen LogP contribution in [-0.4, -0.2) is 96.9 Å². The van der Waals surface area contributed by atoms with E-state index in [4.69, 9.17) is 14.2 Å². The van der Waals surface area contributed by atoms with E-state index in [1.54, 1.807) is 31.4 Å². The number of halogens is 4. The Morgan fingerprint density at radius 1 is 0.739 bits per heavy atom. The minimum atomic E-state index is -0.866. The first-order chi connectivity index (χ1) is 33.1. The van der Waals surface area contributed by atoms with Gasteiger partial charge in [-0.25, -0.2) is 17.6 Å². The van der Waals surface area contributed by atoms with Crippen LogP contribution in [-0.2, 0) is 0 Å². The van der Waals surface area contributed by atoms with E-state index < -0.39 is 29.1 Å². The van der Waals surface area contributed by atoms with Crippen molar-refractivity contribution in [3.05, 3.63) is 99.6 Å². The van der Waals surface area contributed by atoms with Gasteiger partial charge in [0.25, 0.3) is 5.91 Å². The number of nitrogens with zero attached hydrogens (tertiary/aromatic N) is 3. The van der Waals surface area contributed by atoms with Gasteiger partial charge in [0.15, 0.2) is 11.5 Å². The largest absolute Gasteiger partial charge is 0.493 e. The van der Waals surface area contributed by atoms with E-state index in [-0.39, 0.29) is 11.9 Å². The molecule has 3 aromatic carbocycles. The Morgan fingerprint density at radius 3 is 1.83 bits per heavy atom. The molecule has 2 aliphatic carbocycles. The molecule has 3 heterocycles. The number of hydrogen-bond donors (Lipinski definition) is 1. The molecular weight excluding hydrogens is 881 g/mol. The van der Waals surface area contributed by atoms with E-state index in [9.17, 15) is 22.4 Å². The van der Waals surface area contributed by atoms with Crippen LogP contribution in [0.5, 0.6) is 17.2 Å². The molecule has 0 bridgehead atoms. The van der Waals surface area contributed by atoms with Gasteiger partial charge < -0.3 is 24.4 Å². The minimum Gasteiger partial charge on any atom is -0.493 e. The third-order valence-electron chi connectivity index (χ3n) is 15.4. The molecule has 0 radical (unpaired) electrons. The van der Waals surface area contributed by atoms with Gasteiger partial charge in [-0.2, -0.15) is 0 Å². The number of benzene rings is 3. The fourth-order valence-corrected chi connectivity index (χ4v) is 11.8. The van der Waals surface area contributed by atoms with Gasteiger partial charge in [-0.15, -0.1) is 0 Å². The zero-order valence-electron chi connectivity index (χ0n) is 42.4. The van der Waals surface area contributed by atoms with E-state index in [2.05, 4.69) is 29.0 Å². The summed E-state index contributed by atoms with van der Waals surface area (Å²) in [6.07, 6.45) is 21.6. The summed E-state index contributed by atoms with van der Waals surface area (Å²) in [7, 11) is 1.55. The second kappa shape index (κ2) is 24.2. The highest BCUT2D eigenvalue weighted by atomic mass is 19.1. The maximum Gasteiger partial charge on any atom is 0.254 e. The molecule has 12 heteroatoms. The van der Waals surface area contributed by atoms with Gasteiger partial charge in [-0.1, -0.05) is 61.8 Å². The summed E-state index contributed by atoms with van der Waals surface area (Å²) < 4.78 is 72.3. The highest BCUT2D eigenvalue weighted by Crippen LogP contribution is 2.47. The van der Waals surface area contributed by atoms with Gasteiger partial charge in [-0.3, -0.25) is 14.6 Å². The fraction of sp³-hybridized carbons (Fsp3) is 0.596. The molecule has 3 aliphatic heterocycles. The molecule has 4 atom stereocenters. The average molecular weight is 959 g/mol. The molecule has 2 saturated carbocycles. The van der Waals surface area contributed by atoms with E-state index in [0.717, 1.165) is 61.7 Å². The third-order valence-corrected chi connectivity index (χ3v) is 15.4. The molecule has 1 amide bonds. The zero-order chi connectivity index (χ0) is 49.2. The smallest absolute Gasteiger partial charge is 0.254 e. The van der Waals surface area contributed by atoms with Gasteiger partial charge in [0.05, 0.1) is 7.11 Å². The van der Waals surface area contributed by atoms with Crippen LogP contribution in [0.15, 0.2) is 59.7 Å². The number of ether oxygens (including phenoxy) is 3. The summed E-state index contributed by atoms with van der Waals surface area (Å²) in [5.74, 6) is -0.361. The molecule has 0 spiro atoms. The number of nitrogens with one attached hydrogen (secondary N) is 1. The first-order valence-electron chi connectivity index (χ1n) is 25.9. The van der Waals surface area contributed by atoms with Crippen molar-refractivity contribution in [2.45, 2.75) is 161 Å². The van der Waals surface area contributed by atoms with Crippen molar-refractivity contribution < 1.29 is 36.6 Å². The molecule has 3 aromatic rings. The first-order valence-corrected chi connectivity index (χ1v) is 25.9. The summed E-state index contributed by atoms with van der Waals surface area (Å²) in [6.45, 7) is 17.1. The molecular formula is C57H78F4N4O4. The molecule has 4 fully saturated rings. The lowest BCUT2D eigenvalue weighted by Crippen LogP contribution is -2.48. The van der Waals surface area contributed by atoms with Crippen LogP contribution in [0.25, 0.3) is 12.2 Å². The number of rotatable bonds is 16. The fourth-order valence-electron chi connectivity index (χ4n) is 11.8. The maximum absolute atomic E-state index is 14.5. The Bertz CT molecular complexity index is 2260. The van der Waals surface area contributed by atoms with Crippen molar-refractivity contribution in [3.8, 4) is 17.2 Å². The van der Waals surface area contributed by atoms with E-state index in [0.29, 0.717) is 71.1 Å². The summed E-state index contributed by atoms with van der Waals surface area (Å²) in [5.41, 5.74) is 3.04. The molecule has 1 N–H and O–H groups in total. The van der Waals surface area contributed by atoms with Crippen molar-refractivity contribution in [2.75, 3.05) is 46.4 Å². The molecule has 2 saturated heterocycles. The topological polar surface area (TPSA) is 66.5 Å². The van der Waals surface area contributed by atoms with E-state index in [1.165, 1.54) is 108 Å². The first kappa shape index (κ1) is 52.4. The number of hydrogen-bond acceptors (Lipinski definition) is 7. The lowest BCUT2D eigenvalue weighted by Gasteiger charge is -2.39. The molecule has 0 aromatic heterocycles. The summed E-state index contributed by atoms with van der Waals surface area (Å²) in [5, 5.41) is 3.56. The second-order valence-electron chi connectivity index (χ2n) is 21.1. The maximum atomic E-state index is 14.5. The molecule has 5 aliphatic rings. The van der Waals surface area contributed by atoms with E-state index in [1.807, 2.05) is 32.6 Å². The molecule has 378 valence electrons. The van der Waals surface area contributed by atoms with Crippen molar-refractivity contribution in [2.24, 2.45) is 11.8 Å². The standard InChI is InChI=1S/C34H44F2N2O4.C23H34F2N2/c1-22(16-25-13-14-27(35)19-29(25)36)20-37(21-28-12-9-15-38(28)23(2)24-10-7-6-8-11-24)33(39)26-17-30(40-5)32-31(18-26)41-34(3,4)42-32;1-17(13-20-10-11-21(24)14-23(20)25)15-26-16-22-9-6-12-27(22)18(2)19-7-4-3-5-8-19/h13-14,16-19,23-24,28H,6-12,15,20-21H2,1-5H3;10-11,13-14,18-19,22,26H,3-9,12,15-16H2,1-2H3/b22-16+;17-13+/t23?,28-;18?,22-/m00/s1. The van der Waals surface area contributed by atoms with Gasteiger partial charge in [0.1, 0.15) is 23.3 Å². The Hall–Kier alpha value is -4.39. The lowest BCUT2D eigenvalue weighted by molar-refractivity contribution is -0.0439.